The highest BCUT2D eigenvalue weighted by molar-refractivity contribution is 5.82. The lowest BCUT2D eigenvalue weighted by atomic mass is 9.92. The lowest BCUT2D eigenvalue weighted by Crippen LogP contribution is -2.49. The fourth-order valence-electron chi connectivity index (χ4n) is 3.16. The Labute approximate surface area is 135 Å². The van der Waals surface area contributed by atoms with E-state index in [0.717, 1.165) is 18.4 Å². The molecule has 1 fully saturated rings. The monoisotopic (exact) mass is 318 g/mol. The van der Waals surface area contributed by atoms with Gasteiger partial charge in [-0.25, -0.2) is 0 Å². The highest BCUT2D eigenvalue weighted by Crippen LogP contribution is 2.31. The van der Waals surface area contributed by atoms with Gasteiger partial charge in [0, 0.05) is 12.6 Å². The minimum atomic E-state index is -0.325. The zero-order chi connectivity index (χ0) is 16.4. The second kappa shape index (κ2) is 6.48. The number of primary amides is 1. The molecule has 2 aliphatic heterocycles. The number of piperidine rings is 1. The SMILES string of the molecule is CC1CCC(C(N)=O)CN1C(=O)Cc1ccc2c(c1)OCCO2. The van der Waals surface area contributed by atoms with E-state index >= 15 is 0 Å². The molecule has 0 aliphatic carbocycles. The molecule has 23 heavy (non-hydrogen) atoms. The lowest BCUT2D eigenvalue weighted by Gasteiger charge is -2.37. The summed E-state index contributed by atoms with van der Waals surface area (Å²) in [6, 6.07) is 5.71. The molecule has 6 nitrogen and oxygen atoms in total. The summed E-state index contributed by atoms with van der Waals surface area (Å²) < 4.78 is 11.0. The molecule has 0 bridgehead atoms. The van der Waals surface area contributed by atoms with Crippen LogP contribution in [0.2, 0.25) is 0 Å². The summed E-state index contributed by atoms with van der Waals surface area (Å²) in [5.74, 6) is 0.848. The maximum atomic E-state index is 12.6. The van der Waals surface area contributed by atoms with E-state index in [1.807, 2.05) is 25.1 Å². The van der Waals surface area contributed by atoms with Crippen LogP contribution in [0.5, 0.6) is 11.5 Å². The van der Waals surface area contributed by atoms with Gasteiger partial charge in [-0.1, -0.05) is 6.07 Å². The summed E-state index contributed by atoms with van der Waals surface area (Å²) in [4.78, 5) is 25.8. The number of ether oxygens (including phenoxy) is 2. The van der Waals surface area contributed by atoms with Gasteiger partial charge in [0.05, 0.1) is 12.3 Å². The predicted octanol–water partition coefficient (Wildman–Crippen LogP) is 1.11. The summed E-state index contributed by atoms with van der Waals surface area (Å²) >= 11 is 0. The third kappa shape index (κ3) is 3.41. The topological polar surface area (TPSA) is 81.9 Å². The molecular formula is C17H22N2O4. The number of carbonyl (C=O) groups excluding carboxylic acids is 2. The second-order valence-electron chi connectivity index (χ2n) is 6.23. The Morgan fingerprint density at radius 2 is 1.96 bits per heavy atom. The van der Waals surface area contributed by atoms with E-state index in [2.05, 4.69) is 0 Å². The molecule has 0 radical (unpaired) electrons. The maximum absolute atomic E-state index is 12.6. The third-order valence-corrected chi connectivity index (χ3v) is 4.57. The van der Waals surface area contributed by atoms with Crippen molar-refractivity contribution in [2.45, 2.75) is 32.2 Å². The molecule has 2 amide bonds. The van der Waals surface area contributed by atoms with E-state index in [9.17, 15) is 9.59 Å². The summed E-state index contributed by atoms with van der Waals surface area (Å²) in [6.45, 7) is 3.50. The first-order chi connectivity index (χ1) is 11.0. The number of nitrogens with two attached hydrogens (primary N) is 1. The average Bonchev–Trinajstić information content (AvgIpc) is 2.54. The van der Waals surface area contributed by atoms with Crippen LogP contribution in [0.4, 0.5) is 0 Å². The van der Waals surface area contributed by atoms with Crippen LogP contribution >= 0.6 is 0 Å². The van der Waals surface area contributed by atoms with Gasteiger partial charge >= 0.3 is 0 Å². The van der Waals surface area contributed by atoms with Crippen molar-refractivity contribution < 1.29 is 19.1 Å². The molecule has 0 spiro atoms. The van der Waals surface area contributed by atoms with Crippen molar-refractivity contribution in [3.8, 4) is 11.5 Å². The lowest BCUT2D eigenvalue weighted by molar-refractivity contribution is -0.136. The van der Waals surface area contributed by atoms with Crippen LogP contribution in [0.25, 0.3) is 0 Å². The summed E-state index contributed by atoms with van der Waals surface area (Å²) in [5, 5.41) is 0. The normalized spacial score (nSPS) is 23.4. The number of hydrogen-bond donors (Lipinski definition) is 1. The minimum absolute atomic E-state index is 0.0140. The van der Waals surface area contributed by atoms with E-state index in [4.69, 9.17) is 15.2 Å². The number of rotatable bonds is 3. The van der Waals surface area contributed by atoms with E-state index < -0.39 is 0 Å². The van der Waals surface area contributed by atoms with Gasteiger partial charge in [-0.3, -0.25) is 9.59 Å². The van der Waals surface area contributed by atoms with Crippen molar-refractivity contribution in [1.29, 1.82) is 0 Å². The number of nitrogens with zero attached hydrogens (tertiary/aromatic N) is 1. The van der Waals surface area contributed by atoms with E-state index in [0.29, 0.717) is 31.3 Å². The van der Waals surface area contributed by atoms with Crippen molar-refractivity contribution in [2.75, 3.05) is 19.8 Å². The standard InChI is InChI=1S/C17H22N2O4/c1-11-2-4-13(17(18)21)10-19(11)16(20)9-12-3-5-14-15(8-12)23-7-6-22-14/h3,5,8,11,13H,2,4,6-7,9-10H2,1H3,(H2,18,21). The molecule has 124 valence electrons. The first-order valence-corrected chi connectivity index (χ1v) is 8.02. The highest BCUT2D eigenvalue weighted by Gasteiger charge is 2.31. The van der Waals surface area contributed by atoms with Crippen molar-refractivity contribution in [2.24, 2.45) is 11.7 Å². The average molecular weight is 318 g/mol. The molecule has 3 rings (SSSR count). The Hall–Kier alpha value is -2.24. The number of hydrogen-bond acceptors (Lipinski definition) is 4. The van der Waals surface area contributed by atoms with Crippen LogP contribution in [0, 0.1) is 5.92 Å². The first-order valence-electron chi connectivity index (χ1n) is 8.02. The van der Waals surface area contributed by atoms with E-state index in [1.54, 1.807) is 4.90 Å². The predicted molar refractivity (Wildman–Crippen MR) is 84.2 cm³/mol. The largest absolute Gasteiger partial charge is 0.486 e. The zero-order valence-corrected chi connectivity index (χ0v) is 13.3. The van der Waals surface area contributed by atoms with Gasteiger partial charge in [0.25, 0.3) is 0 Å². The van der Waals surface area contributed by atoms with Crippen LogP contribution in [0.1, 0.15) is 25.3 Å². The molecule has 2 unspecified atom stereocenters. The Morgan fingerprint density at radius 1 is 1.22 bits per heavy atom. The van der Waals surface area contributed by atoms with Crippen LogP contribution in [-0.4, -0.2) is 42.5 Å². The van der Waals surface area contributed by atoms with Crippen molar-refractivity contribution in [3.63, 3.8) is 0 Å². The minimum Gasteiger partial charge on any atom is -0.486 e. The summed E-state index contributed by atoms with van der Waals surface area (Å²) in [5.41, 5.74) is 6.28. The molecule has 2 heterocycles. The number of fused-ring (bicyclic) bond motifs is 1. The van der Waals surface area contributed by atoms with Crippen LogP contribution in [0.3, 0.4) is 0 Å². The Kier molecular flexibility index (Phi) is 4.41. The molecule has 6 heteroatoms. The fraction of sp³-hybridized carbons (Fsp3) is 0.529. The summed E-state index contributed by atoms with van der Waals surface area (Å²) in [7, 11) is 0. The molecule has 2 atom stereocenters. The van der Waals surface area contributed by atoms with Crippen molar-refractivity contribution in [1.82, 2.24) is 4.90 Å². The summed E-state index contributed by atoms with van der Waals surface area (Å²) in [6.07, 6.45) is 1.84. The molecule has 0 aromatic heterocycles. The smallest absolute Gasteiger partial charge is 0.227 e. The van der Waals surface area contributed by atoms with Crippen molar-refractivity contribution in [3.05, 3.63) is 23.8 Å². The molecule has 0 saturated carbocycles. The highest BCUT2D eigenvalue weighted by atomic mass is 16.6. The quantitative estimate of drug-likeness (QED) is 0.905. The Bertz CT molecular complexity index is 617. The van der Waals surface area contributed by atoms with E-state index in [1.165, 1.54) is 0 Å². The Balaban J connectivity index is 1.69. The van der Waals surface area contributed by atoms with E-state index in [-0.39, 0.29) is 30.2 Å². The molecule has 1 aromatic carbocycles. The van der Waals surface area contributed by atoms with Gasteiger partial charge in [0.2, 0.25) is 11.8 Å². The van der Waals surface area contributed by atoms with Gasteiger partial charge in [-0.05, 0) is 37.5 Å². The van der Waals surface area contributed by atoms with Crippen LogP contribution in [0.15, 0.2) is 18.2 Å². The Morgan fingerprint density at radius 3 is 2.70 bits per heavy atom. The van der Waals surface area contributed by atoms with Crippen LogP contribution < -0.4 is 15.2 Å². The molecule has 1 saturated heterocycles. The number of benzene rings is 1. The van der Waals surface area contributed by atoms with Gasteiger partial charge in [0.15, 0.2) is 11.5 Å². The number of carbonyl (C=O) groups is 2. The first kappa shape index (κ1) is 15.6. The molecule has 2 N–H and O–H groups in total. The molecule has 1 aromatic rings. The second-order valence-corrected chi connectivity index (χ2v) is 6.23. The molecule has 2 aliphatic rings. The third-order valence-electron chi connectivity index (χ3n) is 4.57. The van der Waals surface area contributed by atoms with Gasteiger partial charge in [-0.15, -0.1) is 0 Å². The number of likely N-dealkylation sites (tertiary alicyclic amines) is 1. The van der Waals surface area contributed by atoms with Gasteiger partial charge < -0.3 is 20.1 Å². The van der Waals surface area contributed by atoms with Crippen molar-refractivity contribution >= 4 is 11.8 Å². The number of amides is 2. The maximum Gasteiger partial charge on any atom is 0.227 e. The van der Waals surface area contributed by atoms with Gasteiger partial charge in [0.1, 0.15) is 13.2 Å². The van der Waals surface area contributed by atoms with Gasteiger partial charge in [-0.2, -0.15) is 0 Å². The zero-order valence-electron chi connectivity index (χ0n) is 13.3. The fourth-order valence-corrected chi connectivity index (χ4v) is 3.16. The molecular weight excluding hydrogens is 296 g/mol. The van der Waals surface area contributed by atoms with Crippen LogP contribution in [-0.2, 0) is 16.0 Å².